The SMILES string of the molecule is Cc1onc(-c2ccccc2)c1C(=O)N1CCN(Cc2cccnc2)CC1. The van der Waals surface area contributed by atoms with Crippen LogP contribution in [-0.2, 0) is 6.54 Å². The van der Waals surface area contributed by atoms with Gasteiger partial charge in [0.2, 0.25) is 0 Å². The summed E-state index contributed by atoms with van der Waals surface area (Å²) in [6.07, 6.45) is 3.68. The fraction of sp³-hybridized carbons (Fsp3) is 0.286. The van der Waals surface area contributed by atoms with Crippen molar-refractivity contribution in [2.24, 2.45) is 0 Å². The molecule has 4 rings (SSSR count). The van der Waals surface area contributed by atoms with Gasteiger partial charge in [0.1, 0.15) is 17.0 Å². The summed E-state index contributed by atoms with van der Waals surface area (Å²) < 4.78 is 5.35. The lowest BCUT2D eigenvalue weighted by Crippen LogP contribution is -2.48. The number of aromatic nitrogens is 2. The normalized spacial score (nSPS) is 15.1. The molecule has 3 aromatic rings. The number of hydrogen-bond donors (Lipinski definition) is 0. The van der Waals surface area contributed by atoms with Crippen molar-refractivity contribution in [3.05, 3.63) is 71.7 Å². The summed E-state index contributed by atoms with van der Waals surface area (Å²) in [6, 6.07) is 13.7. The molecule has 0 saturated carbocycles. The number of benzene rings is 1. The zero-order valence-corrected chi connectivity index (χ0v) is 15.3. The highest BCUT2D eigenvalue weighted by molar-refractivity contribution is 6.00. The van der Waals surface area contributed by atoms with Crippen molar-refractivity contribution >= 4 is 5.91 Å². The maximum Gasteiger partial charge on any atom is 0.259 e. The first-order valence-electron chi connectivity index (χ1n) is 9.14. The first-order valence-corrected chi connectivity index (χ1v) is 9.14. The standard InChI is InChI=1S/C21H22N4O2/c1-16-19(20(23-27-16)18-7-3-2-4-8-18)21(26)25-12-10-24(11-13-25)15-17-6-5-9-22-14-17/h2-9,14H,10-13,15H2,1H3. The van der Waals surface area contributed by atoms with Gasteiger partial charge in [0.15, 0.2) is 0 Å². The molecule has 27 heavy (non-hydrogen) atoms. The highest BCUT2D eigenvalue weighted by Gasteiger charge is 2.28. The first-order chi connectivity index (χ1) is 13.2. The number of piperazine rings is 1. The second-order valence-electron chi connectivity index (χ2n) is 6.76. The Morgan fingerprint density at radius 2 is 1.85 bits per heavy atom. The Bertz CT molecular complexity index is 900. The third-order valence-corrected chi connectivity index (χ3v) is 4.91. The largest absolute Gasteiger partial charge is 0.360 e. The molecule has 0 atom stereocenters. The Morgan fingerprint density at radius 3 is 2.56 bits per heavy atom. The molecule has 3 heterocycles. The Kier molecular flexibility index (Phi) is 4.98. The van der Waals surface area contributed by atoms with Gasteiger partial charge in [-0.15, -0.1) is 0 Å². The predicted molar refractivity (Wildman–Crippen MR) is 102 cm³/mol. The van der Waals surface area contributed by atoms with Gasteiger partial charge < -0.3 is 9.42 Å². The highest BCUT2D eigenvalue weighted by Crippen LogP contribution is 2.26. The van der Waals surface area contributed by atoms with Crippen LogP contribution in [0.1, 0.15) is 21.7 Å². The van der Waals surface area contributed by atoms with E-state index in [9.17, 15) is 4.79 Å². The minimum atomic E-state index is -0.00590. The average molecular weight is 362 g/mol. The van der Waals surface area contributed by atoms with Crippen LogP contribution in [-0.4, -0.2) is 52.0 Å². The zero-order valence-electron chi connectivity index (χ0n) is 15.3. The van der Waals surface area contributed by atoms with Crippen LogP contribution in [0.15, 0.2) is 59.4 Å². The highest BCUT2D eigenvalue weighted by atomic mass is 16.5. The molecule has 1 amide bonds. The van der Waals surface area contributed by atoms with Gasteiger partial charge in [-0.3, -0.25) is 14.7 Å². The molecule has 1 fully saturated rings. The summed E-state index contributed by atoms with van der Waals surface area (Å²) in [5, 5.41) is 4.13. The smallest absolute Gasteiger partial charge is 0.259 e. The Labute approximate surface area is 158 Å². The van der Waals surface area contributed by atoms with E-state index in [0.29, 0.717) is 30.1 Å². The molecule has 1 saturated heterocycles. The monoisotopic (exact) mass is 362 g/mol. The van der Waals surface area contributed by atoms with E-state index >= 15 is 0 Å². The zero-order chi connectivity index (χ0) is 18.6. The van der Waals surface area contributed by atoms with Gasteiger partial charge >= 0.3 is 0 Å². The molecular formula is C21H22N4O2. The molecule has 1 aliphatic rings. The summed E-state index contributed by atoms with van der Waals surface area (Å²) in [6.45, 7) is 5.72. The van der Waals surface area contributed by atoms with E-state index in [0.717, 1.165) is 25.2 Å². The van der Waals surface area contributed by atoms with Gasteiger partial charge in [0.25, 0.3) is 5.91 Å². The molecule has 1 aromatic carbocycles. The van der Waals surface area contributed by atoms with Gasteiger partial charge in [-0.2, -0.15) is 0 Å². The number of carbonyl (C=O) groups is 1. The van der Waals surface area contributed by atoms with Crippen molar-refractivity contribution in [3.8, 4) is 11.3 Å². The Balaban J connectivity index is 1.45. The predicted octanol–water partition coefficient (Wildman–Crippen LogP) is 3.00. The fourth-order valence-corrected chi connectivity index (χ4v) is 3.43. The van der Waals surface area contributed by atoms with E-state index in [4.69, 9.17) is 4.52 Å². The molecule has 6 heteroatoms. The molecule has 138 valence electrons. The van der Waals surface area contributed by atoms with Gasteiger partial charge in [0.05, 0.1) is 0 Å². The van der Waals surface area contributed by atoms with Gasteiger partial charge in [0, 0.05) is 50.7 Å². The molecule has 0 spiro atoms. The van der Waals surface area contributed by atoms with E-state index in [2.05, 4.69) is 21.1 Å². The van der Waals surface area contributed by atoms with Crippen molar-refractivity contribution in [2.45, 2.75) is 13.5 Å². The van der Waals surface area contributed by atoms with Crippen molar-refractivity contribution in [3.63, 3.8) is 0 Å². The molecule has 2 aromatic heterocycles. The van der Waals surface area contributed by atoms with Gasteiger partial charge in [-0.25, -0.2) is 0 Å². The fourth-order valence-electron chi connectivity index (χ4n) is 3.43. The summed E-state index contributed by atoms with van der Waals surface area (Å²) in [7, 11) is 0. The third kappa shape index (κ3) is 3.75. The minimum absolute atomic E-state index is 0.00590. The van der Waals surface area contributed by atoms with Crippen LogP contribution < -0.4 is 0 Å². The van der Waals surface area contributed by atoms with Crippen LogP contribution in [0.4, 0.5) is 0 Å². The van der Waals surface area contributed by atoms with E-state index in [-0.39, 0.29) is 5.91 Å². The summed E-state index contributed by atoms with van der Waals surface area (Å²) in [5.41, 5.74) is 3.28. The van der Waals surface area contributed by atoms with Crippen LogP contribution in [0, 0.1) is 6.92 Å². The van der Waals surface area contributed by atoms with Crippen LogP contribution >= 0.6 is 0 Å². The maximum atomic E-state index is 13.1. The number of pyridine rings is 1. The van der Waals surface area contributed by atoms with Crippen molar-refractivity contribution < 1.29 is 9.32 Å². The molecule has 6 nitrogen and oxygen atoms in total. The van der Waals surface area contributed by atoms with E-state index in [1.807, 2.05) is 47.5 Å². The van der Waals surface area contributed by atoms with E-state index in [1.54, 1.807) is 13.1 Å². The number of nitrogens with zero attached hydrogens (tertiary/aromatic N) is 4. The quantitative estimate of drug-likeness (QED) is 0.714. The molecule has 0 aliphatic carbocycles. The minimum Gasteiger partial charge on any atom is -0.360 e. The lowest BCUT2D eigenvalue weighted by atomic mass is 10.0. The topological polar surface area (TPSA) is 62.5 Å². The third-order valence-electron chi connectivity index (χ3n) is 4.91. The van der Waals surface area contributed by atoms with Crippen molar-refractivity contribution in [1.29, 1.82) is 0 Å². The van der Waals surface area contributed by atoms with Crippen LogP contribution in [0.3, 0.4) is 0 Å². The lowest BCUT2D eigenvalue weighted by molar-refractivity contribution is 0.0627. The second kappa shape index (κ2) is 7.72. The summed E-state index contributed by atoms with van der Waals surface area (Å²) in [4.78, 5) is 21.5. The Morgan fingerprint density at radius 1 is 1.07 bits per heavy atom. The lowest BCUT2D eigenvalue weighted by Gasteiger charge is -2.34. The molecule has 0 unspecified atom stereocenters. The average Bonchev–Trinajstić information content (AvgIpc) is 3.11. The number of amides is 1. The van der Waals surface area contributed by atoms with E-state index < -0.39 is 0 Å². The van der Waals surface area contributed by atoms with Crippen LogP contribution in [0.2, 0.25) is 0 Å². The molecule has 0 radical (unpaired) electrons. The number of hydrogen-bond acceptors (Lipinski definition) is 5. The number of carbonyl (C=O) groups excluding carboxylic acids is 1. The van der Waals surface area contributed by atoms with E-state index in [1.165, 1.54) is 5.56 Å². The van der Waals surface area contributed by atoms with Crippen molar-refractivity contribution in [1.82, 2.24) is 19.9 Å². The molecule has 1 aliphatic heterocycles. The van der Waals surface area contributed by atoms with Crippen LogP contribution in [0.5, 0.6) is 0 Å². The molecular weight excluding hydrogens is 340 g/mol. The van der Waals surface area contributed by atoms with Crippen molar-refractivity contribution in [2.75, 3.05) is 26.2 Å². The number of rotatable bonds is 4. The van der Waals surface area contributed by atoms with Gasteiger partial charge in [-0.1, -0.05) is 41.6 Å². The van der Waals surface area contributed by atoms with Gasteiger partial charge in [-0.05, 0) is 18.6 Å². The molecule has 0 N–H and O–H groups in total. The van der Waals surface area contributed by atoms with Crippen LogP contribution in [0.25, 0.3) is 11.3 Å². The molecule has 0 bridgehead atoms. The summed E-state index contributed by atoms with van der Waals surface area (Å²) in [5.74, 6) is 0.560. The number of aryl methyl sites for hydroxylation is 1. The second-order valence-corrected chi connectivity index (χ2v) is 6.76. The Hall–Kier alpha value is -2.99. The first kappa shape index (κ1) is 17.4. The maximum absolute atomic E-state index is 13.1. The summed E-state index contributed by atoms with van der Waals surface area (Å²) >= 11 is 0.